The van der Waals surface area contributed by atoms with Crippen LogP contribution in [0.3, 0.4) is 0 Å². The Balaban J connectivity index is 0.00000208. The van der Waals surface area contributed by atoms with Crippen molar-refractivity contribution in [2.45, 2.75) is 13.0 Å². The van der Waals surface area contributed by atoms with E-state index in [1.807, 2.05) is 35.4 Å². The second kappa shape index (κ2) is 8.67. The summed E-state index contributed by atoms with van der Waals surface area (Å²) in [4.78, 5) is 21.9. The second-order valence-corrected chi connectivity index (χ2v) is 7.21. The molecule has 1 aromatic heterocycles. The van der Waals surface area contributed by atoms with Crippen molar-refractivity contribution in [2.24, 2.45) is 0 Å². The summed E-state index contributed by atoms with van der Waals surface area (Å²) in [5, 5.41) is 1.30. The minimum Gasteiger partial charge on any atom is -0.375 e. The Kier molecular flexibility index (Phi) is 6.86. The van der Waals surface area contributed by atoms with Gasteiger partial charge in [0.15, 0.2) is 5.13 Å². The highest BCUT2D eigenvalue weighted by Crippen LogP contribution is 2.18. The van der Waals surface area contributed by atoms with Crippen LogP contribution in [0.4, 0.5) is 5.13 Å². The molecule has 5 nitrogen and oxygen atoms in total. The largest absolute Gasteiger partial charge is 0.375 e. The summed E-state index contributed by atoms with van der Waals surface area (Å²) >= 11 is 7.39. The highest BCUT2D eigenvalue weighted by molar-refractivity contribution is 7.15. The number of nitrogen functional groups attached to an aromatic ring is 1. The number of hydrogen-bond acceptors (Lipinski definition) is 5. The highest BCUT2D eigenvalue weighted by Gasteiger charge is 2.21. The monoisotopic (exact) mass is 386 g/mol. The van der Waals surface area contributed by atoms with Gasteiger partial charge in [0.1, 0.15) is 0 Å². The lowest BCUT2D eigenvalue weighted by atomic mass is 10.1. The Bertz CT molecular complexity index is 669. The van der Waals surface area contributed by atoms with E-state index in [1.54, 1.807) is 0 Å². The number of anilines is 1. The molecule has 2 N–H and O–H groups in total. The summed E-state index contributed by atoms with van der Waals surface area (Å²) in [5.41, 5.74) is 6.66. The summed E-state index contributed by atoms with van der Waals surface area (Å²) in [6.07, 6.45) is 2.26. The Morgan fingerprint density at radius 2 is 1.88 bits per heavy atom. The van der Waals surface area contributed by atoms with Gasteiger partial charge in [-0.05, 0) is 17.7 Å². The van der Waals surface area contributed by atoms with Crippen molar-refractivity contribution >= 4 is 46.4 Å². The van der Waals surface area contributed by atoms with Gasteiger partial charge in [-0.15, -0.1) is 23.7 Å². The molecule has 1 fully saturated rings. The fourth-order valence-corrected chi connectivity index (χ4v) is 3.51. The number of nitrogens with zero attached hydrogens (tertiary/aromatic N) is 3. The molecular formula is C16H20Cl2N4OS. The number of hydrogen-bond donors (Lipinski definition) is 1. The van der Waals surface area contributed by atoms with Gasteiger partial charge in [0.05, 0.1) is 6.42 Å². The maximum atomic E-state index is 12.4. The first-order valence-electron chi connectivity index (χ1n) is 7.55. The Labute approximate surface area is 156 Å². The number of carbonyl (C=O) groups excluding carboxylic acids is 1. The lowest BCUT2D eigenvalue weighted by molar-refractivity contribution is -0.132. The third kappa shape index (κ3) is 5.08. The van der Waals surface area contributed by atoms with Crippen LogP contribution >= 0.6 is 35.3 Å². The van der Waals surface area contributed by atoms with Crippen LogP contribution in [0, 0.1) is 0 Å². The third-order valence-corrected chi connectivity index (χ3v) is 5.01. The average molecular weight is 387 g/mol. The van der Waals surface area contributed by atoms with Crippen LogP contribution in [0.5, 0.6) is 0 Å². The number of thiazole rings is 1. The van der Waals surface area contributed by atoms with Crippen LogP contribution in [0.1, 0.15) is 10.4 Å². The normalized spacial score (nSPS) is 15.1. The molecule has 1 saturated heterocycles. The molecule has 0 unspecified atom stereocenters. The van der Waals surface area contributed by atoms with Gasteiger partial charge in [-0.3, -0.25) is 9.69 Å². The number of benzene rings is 1. The summed E-state index contributed by atoms with van der Waals surface area (Å²) in [5.74, 6) is 0.175. The first-order valence-corrected chi connectivity index (χ1v) is 8.74. The van der Waals surface area contributed by atoms with Crippen molar-refractivity contribution in [3.63, 3.8) is 0 Å². The Hall–Kier alpha value is -1.34. The molecule has 0 atom stereocenters. The molecule has 0 bridgehead atoms. The number of carbonyl (C=O) groups is 1. The van der Waals surface area contributed by atoms with Gasteiger partial charge < -0.3 is 10.6 Å². The summed E-state index contributed by atoms with van der Waals surface area (Å²) in [6.45, 7) is 4.14. The molecule has 0 aliphatic carbocycles. The van der Waals surface area contributed by atoms with E-state index in [9.17, 15) is 4.79 Å². The van der Waals surface area contributed by atoms with Gasteiger partial charge >= 0.3 is 0 Å². The number of amides is 1. The molecule has 2 heterocycles. The van der Waals surface area contributed by atoms with Crippen LogP contribution < -0.4 is 5.73 Å². The summed E-state index contributed by atoms with van der Waals surface area (Å²) < 4.78 is 0. The Morgan fingerprint density at radius 3 is 2.46 bits per heavy atom. The van der Waals surface area contributed by atoms with Gasteiger partial charge in [0, 0.05) is 48.8 Å². The Morgan fingerprint density at radius 1 is 1.21 bits per heavy atom. The van der Waals surface area contributed by atoms with Crippen molar-refractivity contribution in [3.05, 3.63) is 45.9 Å². The molecule has 8 heteroatoms. The maximum Gasteiger partial charge on any atom is 0.227 e. The van der Waals surface area contributed by atoms with Crippen molar-refractivity contribution in [1.82, 2.24) is 14.8 Å². The van der Waals surface area contributed by atoms with Crippen molar-refractivity contribution in [3.8, 4) is 0 Å². The molecule has 1 amide bonds. The predicted octanol–water partition coefficient (Wildman–Crippen LogP) is 2.69. The topological polar surface area (TPSA) is 62.5 Å². The lowest BCUT2D eigenvalue weighted by Crippen LogP contribution is -2.48. The van der Waals surface area contributed by atoms with E-state index in [2.05, 4.69) is 9.88 Å². The number of piperazine rings is 1. The molecule has 24 heavy (non-hydrogen) atoms. The first-order chi connectivity index (χ1) is 11.1. The molecule has 2 aromatic rings. The molecule has 0 radical (unpaired) electrons. The van der Waals surface area contributed by atoms with Crippen LogP contribution in [0.25, 0.3) is 0 Å². The molecule has 3 rings (SSSR count). The molecule has 1 aliphatic rings. The number of nitrogens with two attached hydrogens (primary N) is 1. The summed E-state index contributed by atoms with van der Waals surface area (Å²) in [7, 11) is 0. The van der Waals surface area contributed by atoms with E-state index in [0.29, 0.717) is 16.6 Å². The fraction of sp³-hybridized carbons (Fsp3) is 0.375. The number of aromatic nitrogens is 1. The molecule has 0 saturated carbocycles. The SMILES string of the molecule is Cl.Nc1ncc(CN2CCN(C(=O)Cc3ccc(Cl)cc3)CC2)s1. The van der Waals surface area contributed by atoms with E-state index >= 15 is 0 Å². The predicted molar refractivity (Wildman–Crippen MR) is 101 cm³/mol. The van der Waals surface area contributed by atoms with Gasteiger partial charge in [0.25, 0.3) is 0 Å². The summed E-state index contributed by atoms with van der Waals surface area (Å²) in [6, 6.07) is 7.46. The van der Waals surface area contributed by atoms with Crippen molar-refractivity contribution < 1.29 is 4.79 Å². The van der Waals surface area contributed by atoms with E-state index in [-0.39, 0.29) is 18.3 Å². The molecular weight excluding hydrogens is 367 g/mol. The number of rotatable bonds is 4. The van der Waals surface area contributed by atoms with E-state index in [0.717, 1.165) is 38.3 Å². The zero-order valence-electron chi connectivity index (χ0n) is 13.2. The molecule has 1 aliphatic heterocycles. The van der Waals surface area contributed by atoms with Crippen molar-refractivity contribution in [1.29, 1.82) is 0 Å². The minimum atomic E-state index is 0. The molecule has 130 valence electrons. The zero-order valence-corrected chi connectivity index (χ0v) is 15.5. The quantitative estimate of drug-likeness (QED) is 0.876. The lowest BCUT2D eigenvalue weighted by Gasteiger charge is -2.34. The van der Waals surface area contributed by atoms with E-state index in [4.69, 9.17) is 17.3 Å². The number of halogens is 2. The second-order valence-electron chi connectivity index (χ2n) is 5.62. The van der Waals surface area contributed by atoms with Gasteiger partial charge in [-0.2, -0.15) is 0 Å². The first kappa shape index (κ1) is 19.0. The van der Waals surface area contributed by atoms with Gasteiger partial charge in [-0.25, -0.2) is 4.98 Å². The van der Waals surface area contributed by atoms with Crippen LogP contribution in [0.15, 0.2) is 30.5 Å². The fourth-order valence-electron chi connectivity index (χ4n) is 2.66. The van der Waals surface area contributed by atoms with Gasteiger partial charge in [0.2, 0.25) is 5.91 Å². The smallest absolute Gasteiger partial charge is 0.227 e. The van der Waals surface area contributed by atoms with Crippen LogP contribution in [-0.4, -0.2) is 46.9 Å². The average Bonchev–Trinajstić information content (AvgIpc) is 2.95. The highest BCUT2D eigenvalue weighted by atomic mass is 35.5. The van der Waals surface area contributed by atoms with E-state index < -0.39 is 0 Å². The third-order valence-electron chi connectivity index (χ3n) is 3.94. The standard InChI is InChI=1S/C16H19ClN4OS.ClH/c17-13-3-1-12(2-4-13)9-15(22)21-7-5-20(6-8-21)11-14-10-19-16(18)23-14;/h1-4,10H,5-9,11H2,(H2,18,19);1H. The van der Waals surface area contributed by atoms with Crippen LogP contribution in [0.2, 0.25) is 5.02 Å². The van der Waals surface area contributed by atoms with Gasteiger partial charge in [-0.1, -0.05) is 23.7 Å². The zero-order chi connectivity index (χ0) is 16.2. The molecule has 1 aromatic carbocycles. The molecule has 0 spiro atoms. The van der Waals surface area contributed by atoms with E-state index in [1.165, 1.54) is 16.2 Å². The minimum absolute atomic E-state index is 0. The maximum absolute atomic E-state index is 12.4. The van der Waals surface area contributed by atoms with Crippen LogP contribution in [-0.2, 0) is 17.8 Å². The van der Waals surface area contributed by atoms with Crippen molar-refractivity contribution in [2.75, 3.05) is 31.9 Å².